The van der Waals surface area contributed by atoms with Crippen LogP contribution in [0, 0.1) is 10.1 Å². The van der Waals surface area contributed by atoms with Crippen molar-refractivity contribution in [3.05, 3.63) is 33.3 Å². The van der Waals surface area contributed by atoms with Gasteiger partial charge in [-0.2, -0.15) is 0 Å². The highest BCUT2D eigenvalue weighted by atomic mass is 35.5. The lowest BCUT2D eigenvalue weighted by molar-refractivity contribution is -0.384. The second kappa shape index (κ2) is 6.56. The van der Waals surface area contributed by atoms with Crippen LogP contribution in [0.25, 0.3) is 0 Å². The Morgan fingerprint density at radius 3 is 2.70 bits per heavy atom. The van der Waals surface area contributed by atoms with E-state index in [2.05, 4.69) is 5.32 Å². The fraction of sp³-hybridized carbons (Fsp3) is 0.462. The van der Waals surface area contributed by atoms with Gasteiger partial charge in [-0.05, 0) is 25.5 Å². The van der Waals surface area contributed by atoms with Crippen molar-refractivity contribution in [2.45, 2.75) is 32.2 Å². The Morgan fingerprint density at radius 1 is 1.55 bits per heavy atom. The Hall–Kier alpha value is -1.82. The summed E-state index contributed by atoms with van der Waals surface area (Å²) in [5, 5.41) is 14.2. The average molecular weight is 301 g/mol. The summed E-state index contributed by atoms with van der Waals surface area (Å²) in [7, 11) is 1.29. The molecular formula is C13H17ClN2O4. The first-order valence-corrected chi connectivity index (χ1v) is 6.52. The van der Waals surface area contributed by atoms with E-state index in [0.717, 1.165) is 6.42 Å². The molecule has 1 aromatic carbocycles. The maximum Gasteiger partial charge on any atom is 0.331 e. The Labute approximate surface area is 122 Å². The monoisotopic (exact) mass is 300 g/mol. The van der Waals surface area contributed by atoms with Crippen molar-refractivity contribution in [3.8, 4) is 0 Å². The normalized spacial score (nSPS) is 13.4. The smallest absolute Gasteiger partial charge is 0.331 e. The zero-order valence-corrected chi connectivity index (χ0v) is 12.4. The molecule has 0 bridgehead atoms. The first-order valence-electron chi connectivity index (χ1n) is 6.14. The average Bonchev–Trinajstić information content (AvgIpc) is 2.39. The third-order valence-electron chi connectivity index (χ3n) is 2.95. The van der Waals surface area contributed by atoms with Crippen molar-refractivity contribution < 1.29 is 14.5 Å². The number of hydrogen-bond donors (Lipinski definition) is 1. The molecule has 0 spiro atoms. The van der Waals surface area contributed by atoms with Crippen LogP contribution in [-0.4, -0.2) is 23.5 Å². The number of nitro benzene ring substituents is 1. The number of nitro groups is 1. The molecule has 7 heteroatoms. The summed E-state index contributed by atoms with van der Waals surface area (Å²) in [6.45, 7) is 3.57. The molecule has 0 aliphatic heterocycles. The number of nitrogens with one attached hydrogen (secondary N) is 1. The van der Waals surface area contributed by atoms with Gasteiger partial charge in [0.1, 0.15) is 11.2 Å². The Bertz CT molecular complexity index is 521. The Morgan fingerprint density at radius 2 is 2.20 bits per heavy atom. The minimum Gasteiger partial charge on any atom is -0.467 e. The van der Waals surface area contributed by atoms with Crippen LogP contribution in [0.1, 0.15) is 26.7 Å². The molecule has 20 heavy (non-hydrogen) atoms. The number of carbonyl (C=O) groups excluding carboxylic acids is 1. The summed E-state index contributed by atoms with van der Waals surface area (Å²) in [6, 6.07) is 4.26. The van der Waals surface area contributed by atoms with Crippen molar-refractivity contribution in [1.29, 1.82) is 0 Å². The van der Waals surface area contributed by atoms with E-state index in [9.17, 15) is 14.9 Å². The maximum absolute atomic E-state index is 11.9. The van der Waals surface area contributed by atoms with Gasteiger partial charge in [0.2, 0.25) is 0 Å². The molecule has 0 aromatic heterocycles. The van der Waals surface area contributed by atoms with E-state index < -0.39 is 16.4 Å². The summed E-state index contributed by atoms with van der Waals surface area (Å²) >= 11 is 5.76. The molecule has 0 saturated carbocycles. The highest BCUT2D eigenvalue weighted by Crippen LogP contribution is 2.31. The van der Waals surface area contributed by atoms with E-state index in [1.807, 2.05) is 6.92 Å². The molecule has 0 amide bonds. The van der Waals surface area contributed by atoms with Gasteiger partial charge in [-0.25, -0.2) is 4.79 Å². The van der Waals surface area contributed by atoms with Crippen molar-refractivity contribution in [2.75, 3.05) is 12.4 Å². The third-order valence-corrected chi connectivity index (χ3v) is 3.19. The van der Waals surface area contributed by atoms with Crippen LogP contribution < -0.4 is 5.32 Å². The summed E-state index contributed by atoms with van der Waals surface area (Å²) < 4.78 is 4.77. The molecule has 1 unspecified atom stereocenters. The lowest BCUT2D eigenvalue weighted by atomic mass is 9.95. The Balaban J connectivity index is 3.18. The fourth-order valence-corrected chi connectivity index (χ4v) is 2.17. The molecule has 0 radical (unpaired) electrons. The number of benzene rings is 1. The number of carbonyl (C=O) groups is 1. The largest absolute Gasteiger partial charge is 0.467 e. The van der Waals surface area contributed by atoms with Crippen molar-refractivity contribution in [1.82, 2.24) is 0 Å². The Kier molecular flexibility index (Phi) is 5.33. The third kappa shape index (κ3) is 3.60. The van der Waals surface area contributed by atoms with Crippen LogP contribution in [0.3, 0.4) is 0 Å². The first-order chi connectivity index (χ1) is 9.34. The van der Waals surface area contributed by atoms with Gasteiger partial charge in [0, 0.05) is 11.1 Å². The molecule has 1 N–H and O–H groups in total. The van der Waals surface area contributed by atoms with Gasteiger partial charge in [-0.15, -0.1) is 0 Å². The summed E-state index contributed by atoms with van der Waals surface area (Å²) in [5.41, 5.74) is -0.966. The van der Waals surface area contributed by atoms with Crippen LogP contribution in [0.2, 0.25) is 5.02 Å². The van der Waals surface area contributed by atoms with Gasteiger partial charge in [-0.1, -0.05) is 24.9 Å². The van der Waals surface area contributed by atoms with Crippen LogP contribution >= 0.6 is 11.6 Å². The number of halogens is 1. The summed E-state index contributed by atoms with van der Waals surface area (Å²) in [4.78, 5) is 22.4. The fourth-order valence-electron chi connectivity index (χ4n) is 2.00. The molecule has 0 saturated heterocycles. The van der Waals surface area contributed by atoms with Gasteiger partial charge in [0.05, 0.1) is 12.0 Å². The highest BCUT2D eigenvalue weighted by molar-refractivity contribution is 6.30. The van der Waals surface area contributed by atoms with Gasteiger partial charge in [-0.3, -0.25) is 10.1 Å². The summed E-state index contributed by atoms with van der Waals surface area (Å²) in [5.74, 6) is -0.469. The first kappa shape index (κ1) is 16.2. The standard InChI is InChI=1S/C13H17ClN2O4/c1-4-7-13(2,12(17)20-3)15-10-6-5-9(14)8-11(10)16(18)19/h5-6,8,15H,4,7H2,1-3H3. The van der Waals surface area contributed by atoms with Gasteiger partial charge in [0.25, 0.3) is 5.69 Å². The van der Waals surface area contributed by atoms with E-state index in [0.29, 0.717) is 6.42 Å². The number of hydrogen-bond acceptors (Lipinski definition) is 5. The number of rotatable bonds is 6. The van der Waals surface area contributed by atoms with Gasteiger partial charge < -0.3 is 10.1 Å². The second-order valence-corrected chi connectivity index (χ2v) is 5.05. The minimum atomic E-state index is -1.03. The van der Waals surface area contributed by atoms with E-state index in [1.165, 1.54) is 25.3 Å². The molecule has 0 aliphatic rings. The van der Waals surface area contributed by atoms with E-state index in [-0.39, 0.29) is 16.4 Å². The van der Waals surface area contributed by atoms with E-state index >= 15 is 0 Å². The van der Waals surface area contributed by atoms with Crippen molar-refractivity contribution in [2.24, 2.45) is 0 Å². The van der Waals surface area contributed by atoms with Crippen LogP contribution in [-0.2, 0) is 9.53 Å². The predicted molar refractivity (Wildman–Crippen MR) is 77.1 cm³/mol. The summed E-state index contributed by atoms with van der Waals surface area (Å²) in [6.07, 6.45) is 1.21. The zero-order valence-electron chi connectivity index (χ0n) is 11.6. The molecule has 110 valence electrons. The number of methoxy groups -OCH3 is 1. The predicted octanol–water partition coefficient (Wildman–Crippen LogP) is 3.39. The lowest BCUT2D eigenvalue weighted by Gasteiger charge is -2.28. The van der Waals surface area contributed by atoms with E-state index in [4.69, 9.17) is 16.3 Å². The molecule has 1 rings (SSSR count). The zero-order chi connectivity index (χ0) is 15.3. The van der Waals surface area contributed by atoms with E-state index in [1.54, 1.807) is 6.92 Å². The number of nitrogens with zero attached hydrogens (tertiary/aromatic N) is 1. The number of esters is 1. The van der Waals surface area contributed by atoms with Crippen molar-refractivity contribution >= 4 is 28.9 Å². The number of ether oxygens (including phenoxy) is 1. The SMILES string of the molecule is CCCC(C)(Nc1ccc(Cl)cc1[N+](=O)[O-])C(=O)OC. The second-order valence-electron chi connectivity index (χ2n) is 4.62. The van der Waals surface area contributed by atoms with Crippen LogP contribution in [0.4, 0.5) is 11.4 Å². The number of anilines is 1. The molecule has 1 aromatic rings. The molecular weight excluding hydrogens is 284 g/mol. The van der Waals surface area contributed by atoms with Gasteiger partial charge >= 0.3 is 5.97 Å². The molecule has 1 atom stereocenters. The molecule has 0 aliphatic carbocycles. The lowest BCUT2D eigenvalue weighted by Crippen LogP contribution is -2.44. The van der Waals surface area contributed by atoms with Crippen LogP contribution in [0.15, 0.2) is 18.2 Å². The maximum atomic E-state index is 11.9. The van der Waals surface area contributed by atoms with Crippen molar-refractivity contribution in [3.63, 3.8) is 0 Å². The molecule has 0 heterocycles. The topological polar surface area (TPSA) is 81.5 Å². The van der Waals surface area contributed by atoms with Gasteiger partial charge in [0.15, 0.2) is 0 Å². The molecule has 6 nitrogen and oxygen atoms in total. The minimum absolute atomic E-state index is 0.177. The molecule has 0 fully saturated rings. The van der Waals surface area contributed by atoms with Crippen LogP contribution in [0.5, 0.6) is 0 Å². The quantitative estimate of drug-likeness (QED) is 0.495. The highest BCUT2D eigenvalue weighted by Gasteiger charge is 2.35.